The molecule has 0 unspecified atom stereocenters. The molecule has 1 saturated heterocycles. The molecule has 29 heavy (non-hydrogen) atoms. The number of hydrogen-bond acceptors (Lipinski definition) is 5. The van der Waals surface area contributed by atoms with Gasteiger partial charge in [0.05, 0.1) is 0 Å². The van der Waals surface area contributed by atoms with Crippen LogP contribution >= 0.6 is 0 Å². The van der Waals surface area contributed by atoms with Gasteiger partial charge >= 0.3 is 0 Å². The quantitative estimate of drug-likeness (QED) is 0.842. The van der Waals surface area contributed by atoms with Gasteiger partial charge in [-0.3, -0.25) is 14.5 Å². The summed E-state index contributed by atoms with van der Waals surface area (Å²) in [6, 6.07) is 1.71. The van der Waals surface area contributed by atoms with Crippen molar-refractivity contribution in [1.82, 2.24) is 25.1 Å². The molecule has 160 valence electrons. The number of nitrogens with one attached hydrogen (secondary N) is 1. The fourth-order valence-corrected chi connectivity index (χ4v) is 4.79. The summed E-state index contributed by atoms with van der Waals surface area (Å²) in [7, 11) is 0. The highest BCUT2D eigenvalue weighted by Crippen LogP contribution is 2.37. The second kappa shape index (κ2) is 10.1. The first-order valence-corrected chi connectivity index (χ1v) is 11.1. The Morgan fingerprint density at radius 2 is 1.83 bits per heavy atom. The molecule has 2 aliphatic rings. The average molecular weight is 402 g/mol. The Hall–Kier alpha value is -2.02. The van der Waals surface area contributed by atoms with Crippen LogP contribution in [0.5, 0.6) is 0 Å². The standard InChI is InChI=1S/C22H35N5O2/c1-18(2)17-27-14-7-13-26(21(29)20-24-10-6-11-25-20)15-12-23-19(28)16-22(27)8-4-3-5-9-22/h6,10-11,18H,3-5,7-9,12-17H2,1-2H3,(H,23,28). The predicted molar refractivity (Wildman–Crippen MR) is 112 cm³/mol. The molecule has 0 bridgehead atoms. The molecule has 1 spiro atoms. The highest BCUT2D eigenvalue weighted by atomic mass is 16.2. The number of nitrogens with zero attached hydrogens (tertiary/aromatic N) is 4. The van der Waals surface area contributed by atoms with Crippen LogP contribution in [0.2, 0.25) is 0 Å². The van der Waals surface area contributed by atoms with E-state index < -0.39 is 0 Å². The van der Waals surface area contributed by atoms with E-state index in [0.717, 1.165) is 32.4 Å². The topological polar surface area (TPSA) is 78.4 Å². The summed E-state index contributed by atoms with van der Waals surface area (Å²) in [6.07, 6.45) is 10.5. The van der Waals surface area contributed by atoms with E-state index in [0.29, 0.717) is 32.0 Å². The van der Waals surface area contributed by atoms with Crippen LogP contribution in [0, 0.1) is 5.92 Å². The van der Waals surface area contributed by atoms with Gasteiger partial charge < -0.3 is 10.2 Å². The van der Waals surface area contributed by atoms with Crippen molar-refractivity contribution >= 4 is 11.8 Å². The number of aromatic nitrogens is 2. The molecule has 2 heterocycles. The van der Waals surface area contributed by atoms with Crippen LogP contribution in [-0.4, -0.2) is 69.8 Å². The van der Waals surface area contributed by atoms with Gasteiger partial charge in [0.25, 0.3) is 5.91 Å². The minimum Gasteiger partial charge on any atom is -0.354 e. The van der Waals surface area contributed by atoms with Crippen LogP contribution in [0.1, 0.15) is 69.4 Å². The Labute approximate surface area is 174 Å². The van der Waals surface area contributed by atoms with Crippen molar-refractivity contribution in [3.05, 3.63) is 24.3 Å². The van der Waals surface area contributed by atoms with Crippen LogP contribution in [0.15, 0.2) is 18.5 Å². The van der Waals surface area contributed by atoms with Gasteiger partial charge in [-0.05, 0) is 31.2 Å². The highest BCUT2D eigenvalue weighted by molar-refractivity contribution is 5.90. The largest absolute Gasteiger partial charge is 0.354 e. The normalized spacial score (nSPS) is 21.6. The zero-order valence-electron chi connectivity index (χ0n) is 17.9. The summed E-state index contributed by atoms with van der Waals surface area (Å²) in [5.41, 5.74) is -0.0334. The summed E-state index contributed by atoms with van der Waals surface area (Å²) in [5.74, 6) is 0.696. The Balaban J connectivity index is 1.77. The van der Waals surface area contributed by atoms with Crippen LogP contribution in [-0.2, 0) is 4.79 Å². The smallest absolute Gasteiger partial charge is 0.291 e. The number of carbonyl (C=O) groups excluding carboxylic acids is 2. The molecule has 0 radical (unpaired) electrons. The summed E-state index contributed by atoms with van der Waals surface area (Å²) >= 11 is 0. The molecule has 7 nitrogen and oxygen atoms in total. The molecular formula is C22H35N5O2. The Morgan fingerprint density at radius 3 is 2.52 bits per heavy atom. The van der Waals surface area contributed by atoms with Crippen LogP contribution in [0.25, 0.3) is 0 Å². The Bertz CT molecular complexity index is 673. The van der Waals surface area contributed by atoms with Gasteiger partial charge in [-0.1, -0.05) is 33.1 Å². The third-order valence-corrected chi connectivity index (χ3v) is 6.13. The summed E-state index contributed by atoms with van der Waals surface area (Å²) in [6.45, 7) is 7.98. The fraction of sp³-hybridized carbons (Fsp3) is 0.727. The molecule has 7 heteroatoms. The molecule has 0 atom stereocenters. The molecule has 3 rings (SSSR count). The predicted octanol–water partition coefficient (Wildman–Crippen LogP) is 2.49. The van der Waals surface area contributed by atoms with Crippen LogP contribution in [0.3, 0.4) is 0 Å². The van der Waals surface area contributed by atoms with Crippen molar-refractivity contribution in [3.8, 4) is 0 Å². The van der Waals surface area contributed by atoms with Crippen molar-refractivity contribution in [3.63, 3.8) is 0 Å². The lowest BCUT2D eigenvalue weighted by molar-refractivity contribution is -0.125. The third kappa shape index (κ3) is 5.75. The minimum atomic E-state index is -0.165. The first-order valence-electron chi connectivity index (χ1n) is 11.1. The van der Waals surface area contributed by atoms with E-state index in [1.54, 1.807) is 23.4 Å². The zero-order valence-corrected chi connectivity index (χ0v) is 17.9. The maximum atomic E-state index is 12.9. The van der Waals surface area contributed by atoms with E-state index in [1.165, 1.54) is 19.3 Å². The van der Waals surface area contributed by atoms with E-state index in [9.17, 15) is 9.59 Å². The summed E-state index contributed by atoms with van der Waals surface area (Å²) in [4.78, 5) is 38.2. The monoisotopic (exact) mass is 401 g/mol. The second-order valence-electron chi connectivity index (χ2n) is 8.87. The molecule has 1 aliphatic carbocycles. The van der Waals surface area contributed by atoms with E-state index >= 15 is 0 Å². The average Bonchev–Trinajstić information content (AvgIpc) is 2.74. The maximum absolute atomic E-state index is 12.9. The Kier molecular flexibility index (Phi) is 7.58. The third-order valence-electron chi connectivity index (χ3n) is 6.13. The van der Waals surface area contributed by atoms with E-state index in [1.807, 2.05) is 0 Å². The SMILES string of the molecule is CC(C)CN1CCCN(C(=O)c2ncccn2)CCNC(=O)CC12CCCCC2. The molecule has 1 saturated carbocycles. The molecule has 1 N–H and O–H groups in total. The van der Waals surface area contributed by atoms with E-state index in [-0.39, 0.29) is 23.2 Å². The van der Waals surface area contributed by atoms with Gasteiger partial charge in [-0.2, -0.15) is 0 Å². The summed E-state index contributed by atoms with van der Waals surface area (Å²) < 4.78 is 0. The Morgan fingerprint density at radius 1 is 1.10 bits per heavy atom. The lowest BCUT2D eigenvalue weighted by Crippen LogP contribution is -2.54. The van der Waals surface area contributed by atoms with Gasteiger partial charge in [0, 0.05) is 57.1 Å². The minimum absolute atomic E-state index is 0.0334. The van der Waals surface area contributed by atoms with Crippen molar-refractivity contribution in [2.75, 3.05) is 32.7 Å². The van der Waals surface area contributed by atoms with Gasteiger partial charge in [0.1, 0.15) is 0 Å². The van der Waals surface area contributed by atoms with Gasteiger partial charge in [0.15, 0.2) is 0 Å². The number of rotatable bonds is 3. The molecular weight excluding hydrogens is 366 g/mol. The van der Waals surface area contributed by atoms with Crippen molar-refractivity contribution in [1.29, 1.82) is 0 Å². The molecule has 2 amide bonds. The van der Waals surface area contributed by atoms with Crippen molar-refractivity contribution < 1.29 is 9.59 Å². The highest BCUT2D eigenvalue weighted by Gasteiger charge is 2.40. The first kappa shape index (κ1) is 21.7. The number of amides is 2. The zero-order chi connectivity index (χ0) is 20.7. The van der Waals surface area contributed by atoms with Crippen LogP contribution in [0.4, 0.5) is 0 Å². The molecule has 1 aromatic rings. The van der Waals surface area contributed by atoms with E-state index in [2.05, 4.69) is 34.0 Å². The molecule has 0 aromatic carbocycles. The van der Waals surface area contributed by atoms with Gasteiger partial charge in [0.2, 0.25) is 11.7 Å². The second-order valence-corrected chi connectivity index (χ2v) is 8.87. The number of carbonyl (C=O) groups is 2. The lowest BCUT2D eigenvalue weighted by atomic mass is 9.77. The van der Waals surface area contributed by atoms with Gasteiger partial charge in [-0.15, -0.1) is 0 Å². The lowest BCUT2D eigenvalue weighted by Gasteiger charge is -2.47. The molecule has 1 aromatic heterocycles. The molecule has 2 fully saturated rings. The van der Waals surface area contributed by atoms with Crippen LogP contribution < -0.4 is 5.32 Å². The van der Waals surface area contributed by atoms with Crippen molar-refractivity contribution in [2.24, 2.45) is 5.92 Å². The first-order chi connectivity index (χ1) is 14.0. The van der Waals surface area contributed by atoms with Crippen molar-refractivity contribution in [2.45, 2.75) is 64.3 Å². The van der Waals surface area contributed by atoms with E-state index in [4.69, 9.17) is 0 Å². The maximum Gasteiger partial charge on any atom is 0.291 e. The summed E-state index contributed by atoms with van der Waals surface area (Å²) in [5, 5.41) is 3.06. The fourth-order valence-electron chi connectivity index (χ4n) is 4.79. The molecule has 1 aliphatic heterocycles. The number of hydrogen-bond donors (Lipinski definition) is 1. The van der Waals surface area contributed by atoms with Gasteiger partial charge in [-0.25, -0.2) is 9.97 Å².